The Hall–Kier alpha value is -5.10. The number of rotatable bonds is 2. The zero-order valence-corrected chi connectivity index (χ0v) is 26.7. The molecule has 0 atom stereocenters. The Balaban J connectivity index is 1.40. The molecular weight excluding hydrogens is 583 g/mol. The summed E-state index contributed by atoms with van der Waals surface area (Å²) in [5, 5.41) is 10.4. The lowest BCUT2D eigenvalue weighted by molar-refractivity contribution is 1.08. The number of hydrogen-bond acceptors (Lipinski definition) is 3. The minimum absolute atomic E-state index is 0.749. The van der Waals surface area contributed by atoms with E-state index >= 15 is 0 Å². The van der Waals surface area contributed by atoms with Gasteiger partial charge in [0.05, 0.1) is 16.4 Å². The summed E-state index contributed by atoms with van der Waals surface area (Å²) in [5.41, 5.74) is 6.16. The lowest BCUT2D eigenvalue weighted by Crippen LogP contribution is -2.49. The van der Waals surface area contributed by atoms with E-state index < -0.39 is 8.07 Å². The van der Waals surface area contributed by atoms with Crippen LogP contribution in [-0.2, 0) is 0 Å². The molecule has 4 heterocycles. The number of para-hydroxylation sites is 1. The van der Waals surface area contributed by atoms with Crippen molar-refractivity contribution in [3.8, 4) is 28.3 Å². The van der Waals surface area contributed by atoms with Crippen LogP contribution in [0.25, 0.3) is 81.2 Å². The van der Waals surface area contributed by atoms with Gasteiger partial charge in [0.1, 0.15) is 12.9 Å². The molecule has 3 nitrogen and oxygen atoms in total. The molecule has 0 saturated carbocycles. The molecule has 0 fully saturated rings. The molecular formula is C40H27N3SSi. The van der Waals surface area contributed by atoms with Gasteiger partial charge in [0, 0.05) is 31.8 Å². The lowest BCUT2D eigenvalue weighted by atomic mass is 9.99. The molecule has 1 aliphatic heterocycles. The summed E-state index contributed by atoms with van der Waals surface area (Å²) in [5.74, 6) is 1.68. The molecule has 10 rings (SSSR count). The Morgan fingerprint density at radius 2 is 1.36 bits per heavy atom. The van der Waals surface area contributed by atoms with Crippen LogP contribution in [-0.4, -0.2) is 22.6 Å². The molecule has 6 aromatic carbocycles. The van der Waals surface area contributed by atoms with Crippen LogP contribution in [0.3, 0.4) is 0 Å². The summed E-state index contributed by atoms with van der Waals surface area (Å²) >= 11 is 1.74. The fourth-order valence-electron chi connectivity index (χ4n) is 7.68. The minimum atomic E-state index is -1.80. The van der Waals surface area contributed by atoms with E-state index in [-0.39, 0.29) is 0 Å². The third kappa shape index (κ3) is 3.39. The highest BCUT2D eigenvalue weighted by Crippen LogP contribution is 2.43. The Labute approximate surface area is 265 Å². The first-order valence-electron chi connectivity index (χ1n) is 15.4. The van der Waals surface area contributed by atoms with E-state index in [1.54, 1.807) is 11.3 Å². The van der Waals surface area contributed by atoms with Crippen molar-refractivity contribution in [2.24, 2.45) is 0 Å². The smallest absolute Gasteiger partial charge is 0.163 e. The Morgan fingerprint density at radius 3 is 2.24 bits per heavy atom. The summed E-state index contributed by atoms with van der Waals surface area (Å²) in [6, 6.07) is 46.5. The summed E-state index contributed by atoms with van der Waals surface area (Å²) in [7, 11) is -1.80. The van der Waals surface area contributed by atoms with Crippen LogP contribution in [0.1, 0.15) is 0 Å². The van der Waals surface area contributed by atoms with Crippen molar-refractivity contribution in [1.29, 1.82) is 0 Å². The van der Waals surface area contributed by atoms with E-state index in [9.17, 15) is 0 Å². The summed E-state index contributed by atoms with van der Waals surface area (Å²) in [6.07, 6.45) is 0. The maximum atomic E-state index is 5.44. The number of fused-ring (bicyclic) bond motifs is 11. The molecule has 212 valence electrons. The average Bonchev–Trinajstić information content (AvgIpc) is 3.70. The largest absolute Gasteiger partial charge is 0.292 e. The second kappa shape index (κ2) is 8.97. The first kappa shape index (κ1) is 25.2. The fraction of sp³-hybridized carbons (Fsp3) is 0.0500. The standard InChI is InChI=1S/C40H27N3SSi/c1-45(2)34-19-11-8-15-27(34)31-23-30-25(22-35(31)45)20-21-28-26-14-6-9-17-32(26)43(37(28)30)39-36-29-16-7-10-18-33(29)44-40(36)42-38(41-39)24-12-4-3-5-13-24/h3-23H,1-2H3. The van der Waals surface area contributed by atoms with E-state index in [1.165, 1.54) is 58.6 Å². The highest BCUT2D eigenvalue weighted by atomic mass is 32.1. The molecule has 0 aliphatic carbocycles. The Kier molecular flexibility index (Phi) is 5.03. The molecule has 0 N–H and O–H groups in total. The molecule has 0 bridgehead atoms. The molecule has 0 unspecified atom stereocenters. The quantitative estimate of drug-likeness (QED) is 0.183. The predicted octanol–water partition coefficient (Wildman–Crippen LogP) is 9.56. The SMILES string of the molecule is C[Si]1(C)c2ccccc2-c2cc3c(ccc4c5ccccc5n(-c5nc(-c6ccccc6)nc6sc7ccccc7c56)c34)cc21. The van der Waals surface area contributed by atoms with Crippen molar-refractivity contribution in [3.05, 3.63) is 127 Å². The first-order chi connectivity index (χ1) is 22.1. The molecule has 5 heteroatoms. The highest BCUT2D eigenvalue weighted by molar-refractivity contribution is 7.25. The van der Waals surface area contributed by atoms with Crippen molar-refractivity contribution in [2.45, 2.75) is 13.1 Å². The van der Waals surface area contributed by atoms with Gasteiger partial charge in [0.25, 0.3) is 0 Å². The van der Waals surface area contributed by atoms with E-state index in [1.807, 2.05) is 6.07 Å². The van der Waals surface area contributed by atoms with Gasteiger partial charge >= 0.3 is 0 Å². The molecule has 0 saturated heterocycles. The van der Waals surface area contributed by atoms with Crippen LogP contribution in [0.5, 0.6) is 0 Å². The van der Waals surface area contributed by atoms with E-state index in [4.69, 9.17) is 9.97 Å². The van der Waals surface area contributed by atoms with Gasteiger partial charge in [-0.15, -0.1) is 11.3 Å². The predicted molar refractivity (Wildman–Crippen MR) is 194 cm³/mol. The fourth-order valence-corrected chi connectivity index (χ4v) is 11.8. The van der Waals surface area contributed by atoms with Crippen LogP contribution >= 0.6 is 11.3 Å². The van der Waals surface area contributed by atoms with Crippen molar-refractivity contribution >= 4 is 82.7 Å². The Bertz CT molecular complexity index is 2680. The monoisotopic (exact) mass is 609 g/mol. The molecule has 1 aliphatic rings. The molecule has 9 aromatic rings. The van der Waals surface area contributed by atoms with E-state index in [2.05, 4.69) is 139 Å². The third-order valence-corrected chi connectivity index (χ3v) is 14.4. The maximum Gasteiger partial charge on any atom is 0.163 e. The van der Waals surface area contributed by atoms with Gasteiger partial charge in [-0.1, -0.05) is 122 Å². The van der Waals surface area contributed by atoms with Crippen LogP contribution in [0.15, 0.2) is 127 Å². The summed E-state index contributed by atoms with van der Waals surface area (Å²) < 4.78 is 3.65. The zero-order chi connectivity index (χ0) is 29.9. The molecule has 45 heavy (non-hydrogen) atoms. The number of thiophene rings is 1. The topological polar surface area (TPSA) is 30.7 Å². The zero-order valence-electron chi connectivity index (χ0n) is 24.9. The van der Waals surface area contributed by atoms with Crippen LogP contribution in [0.2, 0.25) is 13.1 Å². The first-order valence-corrected chi connectivity index (χ1v) is 19.2. The normalized spacial score (nSPS) is 13.7. The van der Waals surface area contributed by atoms with Gasteiger partial charge in [0.15, 0.2) is 11.6 Å². The van der Waals surface area contributed by atoms with E-state index in [0.717, 1.165) is 32.9 Å². The van der Waals surface area contributed by atoms with Crippen LogP contribution in [0.4, 0.5) is 0 Å². The number of benzene rings is 6. The van der Waals surface area contributed by atoms with Crippen molar-refractivity contribution in [3.63, 3.8) is 0 Å². The number of nitrogens with zero attached hydrogens (tertiary/aromatic N) is 3. The van der Waals surface area contributed by atoms with Crippen molar-refractivity contribution in [1.82, 2.24) is 14.5 Å². The van der Waals surface area contributed by atoms with Gasteiger partial charge in [-0.2, -0.15) is 0 Å². The van der Waals surface area contributed by atoms with Gasteiger partial charge in [-0.05, 0) is 45.1 Å². The maximum absolute atomic E-state index is 5.44. The van der Waals surface area contributed by atoms with E-state index in [0.29, 0.717) is 0 Å². The average molecular weight is 610 g/mol. The third-order valence-electron chi connectivity index (χ3n) is 9.82. The number of aromatic nitrogens is 3. The number of hydrogen-bond donors (Lipinski definition) is 0. The van der Waals surface area contributed by atoms with Gasteiger partial charge in [-0.3, -0.25) is 4.57 Å². The van der Waals surface area contributed by atoms with Crippen LogP contribution < -0.4 is 10.4 Å². The molecule has 0 amide bonds. The second-order valence-corrected chi connectivity index (χ2v) is 18.0. The summed E-state index contributed by atoms with van der Waals surface area (Å²) in [4.78, 5) is 11.6. The second-order valence-electron chi connectivity index (χ2n) is 12.6. The van der Waals surface area contributed by atoms with Crippen molar-refractivity contribution in [2.75, 3.05) is 0 Å². The van der Waals surface area contributed by atoms with Gasteiger partial charge < -0.3 is 0 Å². The minimum Gasteiger partial charge on any atom is -0.292 e. The van der Waals surface area contributed by atoms with Gasteiger partial charge in [0.2, 0.25) is 0 Å². The van der Waals surface area contributed by atoms with Gasteiger partial charge in [-0.25, -0.2) is 9.97 Å². The lowest BCUT2D eigenvalue weighted by Gasteiger charge is -2.19. The van der Waals surface area contributed by atoms with Crippen molar-refractivity contribution < 1.29 is 0 Å². The highest BCUT2D eigenvalue weighted by Gasteiger charge is 2.37. The molecule has 3 aromatic heterocycles. The summed E-state index contributed by atoms with van der Waals surface area (Å²) in [6.45, 7) is 4.98. The molecule has 0 spiro atoms. The molecule has 0 radical (unpaired) electrons. The Morgan fingerprint density at radius 1 is 0.600 bits per heavy atom. The van der Waals surface area contributed by atoms with Crippen LogP contribution in [0, 0.1) is 0 Å².